The van der Waals surface area contributed by atoms with Gasteiger partial charge in [-0.05, 0) is 62.2 Å². The zero-order valence-electron chi connectivity index (χ0n) is 26.3. The molecule has 8 heteroatoms. The van der Waals surface area contributed by atoms with Crippen LogP contribution in [0, 0.1) is 0 Å². The Bertz CT molecular complexity index is 1720. The Hall–Kier alpha value is -4.46. The Morgan fingerprint density at radius 3 is 2.09 bits per heavy atom. The summed E-state index contributed by atoms with van der Waals surface area (Å²) >= 11 is 0. The Balaban J connectivity index is 1.59. The Kier molecular flexibility index (Phi) is 7.91. The number of rotatable bonds is 10. The minimum absolute atomic E-state index is 0.120. The first-order valence-corrected chi connectivity index (χ1v) is 15.3. The van der Waals surface area contributed by atoms with E-state index < -0.39 is 22.8 Å². The molecule has 0 fully saturated rings. The molecule has 0 amide bonds. The highest BCUT2D eigenvalue weighted by atomic mass is 16.4. The number of carboxylic acid groups (broad SMARTS) is 2. The first-order chi connectivity index (χ1) is 20.7. The van der Waals surface area contributed by atoms with Gasteiger partial charge in [0.25, 0.3) is 0 Å². The molecular formula is C36H40N2O6. The van der Waals surface area contributed by atoms with Crippen LogP contribution in [0.5, 0.6) is 0 Å². The number of carboxylic acids is 2. The van der Waals surface area contributed by atoms with Crippen LogP contribution in [0.15, 0.2) is 71.2 Å². The van der Waals surface area contributed by atoms with Crippen molar-refractivity contribution in [3.05, 3.63) is 93.4 Å². The highest BCUT2D eigenvalue weighted by molar-refractivity contribution is 6.24. The van der Waals surface area contributed by atoms with Crippen molar-refractivity contribution in [2.24, 2.45) is 0 Å². The lowest BCUT2D eigenvalue weighted by atomic mass is 9.77. The molecule has 0 aromatic heterocycles. The number of hydrogen-bond donors (Lipinski definition) is 2. The van der Waals surface area contributed by atoms with Crippen molar-refractivity contribution in [2.75, 3.05) is 18.0 Å². The maximum atomic E-state index is 13.7. The van der Waals surface area contributed by atoms with E-state index in [1.165, 1.54) is 0 Å². The Morgan fingerprint density at radius 1 is 0.886 bits per heavy atom. The number of Topliss-reactive ketones (excluding diaryl/α,β-unsaturated/α-hetero) is 1. The summed E-state index contributed by atoms with van der Waals surface area (Å²) in [7, 11) is 0. The second-order valence-electron chi connectivity index (χ2n) is 12.9. The minimum Gasteiger partial charge on any atom is -0.871 e. The van der Waals surface area contributed by atoms with E-state index in [-0.39, 0.29) is 33.8 Å². The van der Waals surface area contributed by atoms with Gasteiger partial charge in [-0.25, -0.2) is 9.59 Å². The number of carbonyl (C=O) groups is 3. The monoisotopic (exact) mass is 596 g/mol. The van der Waals surface area contributed by atoms with Gasteiger partial charge in [-0.2, -0.15) is 4.58 Å². The molecule has 230 valence electrons. The van der Waals surface area contributed by atoms with Gasteiger partial charge in [-0.3, -0.25) is 4.79 Å². The van der Waals surface area contributed by atoms with Gasteiger partial charge in [0, 0.05) is 58.6 Å². The van der Waals surface area contributed by atoms with Crippen molar-refractivity contribution in [2.45, 2.75) is 78.1 Å². The van der Waals surface area contributed by atoms with E-state index >= 15 is 0 Å². The highest BCUT2D eigenvalue weighted by Crippen LogP contribution is 2.49. The first kappa shape index (κ1) is 31.0. The molecule has 2 aromatic rings. The van der Waals surface area contributed by atoms with Crippen molar-refractivity contribution in [3.63, 3.8) is 0 Å². The van der Waals surface area contributed by atoms with Crippen LogP contribution in [0.3, 0.4) is 0 Å². The highest BCUT2D eigenvalue weighted by Gasteiger charge is 2.46. The third kappa shape index (κ3) is 4.86. The molecule has 2 aromatic carbocycles. The van der Waals surface area contributed by atoms with Gasteiger partial charge >= 0.3 is 11.9 Å². The van der Waals surface area contributed by atoms with Crippen LogP contribution < -0.4 is 10.0 Å². The van der Waals surface area contributed by atoms with E-state index in [1.807, 2.05) is 39.8 Å². The zero-order chi connectivity index (χ0) is 32.1. The number of unbranched alkanes of at least 4 members (excludes halogenated alkanes) is 2. The van der Waals surface area contributed by atoms with E-state index in [0.29, 0.717) is 13.1 Å². The van der Waals surface area contributed by atoms with Crippen LogP contribution in [0.2, 0.25) is 0 Å². The molecule has 44 heavy (non-hydrogen) atoms. The third-order valence-corrected chi connectivity index (χ3v) is 9.29. The number of hydrogen-bond acceptors (Lipinski definition) is 5. The normalized spacial score (nSPS) is 20.0. The van der Waals surface area contributed by atoms with Gasteiger partial charge in [-0.1, -0.05) is 46.3 Å². The molecule has 0 radical (unpaired) electrons. The molecule has 0 unspecified atom stereocenters. The standard InChI is InChI=1S/C36H40N2O6/c1-7-9-15-37-27-13-11-21(33(41)42)17-25(27)35(3,4)29(37)19-23-31(39)24(32(23)40)20-30-36(5,6)26-18-22(34(43)44)12-14-28(26)38(30)16-10-8-2/h11-14,17-20H,7-10,15-16H2,1-6H3,(H2-,39,40,41,42,43,44). The molecule has 0 bridgehead atoms. The number of allylic oxidation sites excluding steroid dienone is 5. The lowest BCUT2D eigenvalue weighted by Gasteiger charge is -2.33. The molecule has 5 rings (SSSR count). The van der Waals surface area contributed by atoms with Crippen molar-refractivity contribution in [1.82, 2.24) is 0 Å². The second kappa shape index (κ2) is 11.2. The lowest BCUT2D eigenvalue weighted by molar-refractivity contribution is -0.438. The Morgan fingerprint density at radius 2 is 1.50 bits per heavy atom. The summed E-state index contributed by atoms with van der Waals surface area (Å²) in [6.45, 7) is 13.5. The van der Waals surface area contributed by atoms with E-state index in [9.17, 15) is 29.7 Å². The lowest BCUT2D eigenvalue weighted by Crippen LogP contribution is -2.35. The summed E-state index contributed by atoms with van der Waals surface area (Å²) in [5.41, 5.74) is 4.47. The van der Waals surface area contributed by atoms with Gasteiger partial charge in [0.1, 0.15) is 6.54 Å². The van der Waals surface area contributed by atoms with Crippen molar-refractivity contribution >= 4 is 34.8 Å². The number of ketones is 1. The molecule has 0 saturated carbocycles. The number of aromatic carboxylic acids is 2. The van der Waals surface area contributed by atoms with Crippen molar-refractivity contribution < 1.29 is 34.3 Å². The maximum Gasteiger partial charge on any atom is 0.335 e. The summed E-state index contributed by atoms with van der Waals surface area (Å²) in [5, 5.41) is 32.9. The topological polar surface area (TPSA) is 121 Å². The van der Waals surface area contributed by atoms with Gasteiger partial charge in [0.05, 0.1) is 16.5 Å². The smallest absolute Gasteiger partial charge is 0.335 e. The molecule has 3 aliphatic rings. The number of fused-ring (bicyclic) bond motifs is 2. The number of nitrogens with zero attached hydrogens (tertiary/aromatic N) is 2. The largest absolute Gasteiger partial charge is 0.871 e. The van der Waals surface area contributed by atoms with Crippen LogP contribution in [-0.2, 0) is 15.6 Å². The molecule has 8 nitrogen and oxygen atoms in total. The summed E-state index contributed by atoms with van der Waals surface area (Å²) in [6.07, 6.45) is 7.08. The predicted octanol–water partition coefficient (Wildman–Crippen LogP) is 5.86. The zero-order valence-corrected chi connectivity index (χ0v) is 26.3. The summed E-state index contributed by atoms with van der Waals surface area (Å²) in [6, 6.07) is 10.2. The number of benzene rings is 2. The van der Waals surface area contributed by atoms with Crippen LogP contribution >= 0.6 is 0 Å². The van der Waals surface area contributed by atoms with Gasteiger partial charge in [0.2, 0.25) is 5.69 Å². The number of anilines is 1. The molecule has 1 aliphatic carbocycles. The van der Waals surface area contributed by atoms with Crippen LogP contribution in [0.1, 0.15) is 99.1 Å². The molecule has 0 saturated heterocycles. The Labute approximate surface area is 258 Å². The van der Waals surface area contributed by atoms with Crippen LogP contribution in [0.4, 0.5) is 11.4 Å². The fourth-order valence-electron chi connectivity index (χ4n) is 6.62. The molecule has 0 atom stereocenters. The molecule has 2 aliphatic heterocycles. The first-order valence-electron chi connectivity index (χ1n) is 15.3. The molecular weight excluding hydrogens is 556 g/mol. The van der Waals surface area contributed by atoms with E-state index in [1.54, 1.807) is 36.4 Å². The maximum absolute atomic E-state index is 13.7. The predicted molar refractivity (Wildman–Crippen MR) is 168 cm³/mol. The van der Waals surface area contributed by atoms with Crippen molar-refractivity contribution in [3.8, 4) is 0 Å². The number of carbonyl (C=O) groups excluding carboxylic acids is 1. The molecule has 2 N–H and O–H groups in total. The summed E-state index contributed by atoms with van der Waals surface area (Å²) in [5.74, 6) is -2.65. The van der Waals surface area contributed by atoms with Crippen LogP contribution in [-0.4, -0.2) is 51.3 Å². The fourth-order valence-corrected chi connectivity index (χ4v) is 6.62. The quantitative estimate of drug-likeness (QED) is 0.260. The van der Waals surface area contributed by atoms with E-state index in [0.717, 1.165) is 59.6 Å². The van der Waals surface area contributed by atoms with E-state index in [4.69, 9.17) is 0 Å². The fraction of sp³-hybridized carbons (Fsp3) is 0.389. The SMILES string of the molecule is CCCCN1/C(=C\C2=C([O-])C(=C\C3=[N+](CCCC)c4ccc(C(=O)O)cc4C3(C)C)/C2=O)C(C)(C)c2cc(C(=O)O)ccc21. The molecule has 0 spiro atoms. The van der Waals surface area contributed by atoms with Crippen molar-refractivity contribution in [1.29, 1.82) is 0 Å². The summed E-state index contributed by atoms with van der Waals surface area (Å²) < 4.78 is 2.11. The average Bonchev–Trinajstić information content (AvgIpc) is 3.33. The summed E-state index contributed by atoms with van der Waals surface area (Å²) in [4.78, 5) is 39.2. The van der Waals surface area contributed by atoms with Gasteiger partial charge in [0.15, 0.2) is 11.5 Å². The average molecular weight is 597 g/mol. The second-order valence-corrected chi connectivity index (χ2v) is 12.9. The van der Waals surface area contributed by atoms with Crippen LogP contribution in [0.25, 0.3) is 0 Å². The third-order valence-electron chi connectivity index (χ3n) is 9.29. The minimum atomic E-state index is -1.00. The van der Waals surface area contributed by atoms with E-state index in [2.05, 4.69) is 23.3 Å². The van der Waals surface area contributed by atoms with Gasteiger partial charge in [-0.15, -0.1) is 0 Å². The van der Waals surface area contributed by atoms with Gasteiger partial charge < -0.3 is 20.2 Å². The molecule has 2 heterocycles.